The van der Waals surface area contributed by atoms with E-state index < -0.39 is 17.4 Å². The summed E-state index contributed by atoms with van der Waals surface area (Å²) < 4.78 is 19.3. The molecular weight excluding hydrogens is 337 g/mol. The predicted octanol–water partition coefficient (Wildman–Crippen LogP) is 3.49. The smallest absolute Gasteiger partial charge is 0.335 e. The molecule has 0 fully saturated rings. The molecule has 1 heterocycles. The summed E-state index contributed by atoms with van der Waals surface area (Å²) >= 11 is 0. The van der Waals surface area contributed by atoms with Gasteiger partial charge in [-0.2, -0.15) is 0 Å². The minimum Gasteiger partial charge on any atom is -0.487 e. The Balaban J connectivity index is 1.81. The number of hydrogen-bond donors (Lipinski definition) is 2. The topological polar surface area (TPSA) is 75.6 Å². The van der Waals surface area contributed by atoms with Gasteiger partial charge in [0.2, 0.25) is 5.91 Å². The van der Waals surface area contributed by atoms with Crippen molar-refractivity contribution in [2.45, 2.75) is 38.3 Å². The average molecular weight is 357 g/mol. The van der Waals surface area contributed by atoms with Crippen molar-refractivity contribution in [2.75, 3.05) is 0 Å². The number of carboxylic acid groups (broad SMARTS) is 1. The first-order valence-electron chi connectivity index (χ1n) is 8.34. The predicted molar refractivity (Wildman–Crippen MR) is 93.7 cm³/mol. The van der Waals surface area contributed by atoms with Crippen molar-refractivity contribution in [1.82, 2.24) is 5.32 Å². The van der Waals surface area contributed by atoms with E-state index in [0.29, 0.717) is 23.3 Å². The minimum absolute atomic E-state index is 0.0449. The van der Waals surface area contributed by atoms with Crippen LogP contribution in [0.2, 0.25) is 0 Å². The first-order valence-corrected chi connectivity index (χ1v) is 8.34. The highest BCUT2D eigenvalue weighted by Crippen LogP contribution is 2.39. The Hall–Kier alpha value is -2.89. The summed E-state index contributed by atoms with van der Waals surface area (Å²) in [6.45, 7) is 3.75. The number of carbonyl (C=O) groups excluding carboxylic acids is 1. The minimum atomic E-state index is -1.07. The second-order valence-electron chi connectivity index (χ2n) is 7.01. The van der Waals surface area contributed by atoms with Crippen LogP contribution in [0, 0.1) is 5.82 Å². The lowest BCUT2D eigenvalue weighted by molar-refractivity contribution is -0.121. The largest absolute Gasteiger partial charge is 0.487 e. The molecule has 5 nitrogen and oxygen atoms in total. The Morgan fingerprint density at radius 3 is 2.73 bits per heavy atom. The van der Waals surface area contributed by atoms with Crippen LogP contribution in [0.25, 0.3) is 0 Å². The van der Waals surface area contributed by atoms with Crippen LogP contribution >= 0.6 is 0 Å². The van der Waals surface area contributed by atoms with E-state index in [0.717, 1.165) is 0 Å². The average Bonchev–Trinajstić information content (AvgIpc) is 2.53. The van der Waals surface area contributed by atoms with Gasteiger partial charge in [-0.05, 0) is 31.5 Å². The molecule has 3 rings (SSSR count). The Morgan fingerprint density at radius 2 is 2.00 bits per heavy atom. The van der Waals surface area contributed by atoms with Gasteiger partial charge in [0.05, 0.1) is 18.0 Å². The van der Waals surface area contributed by atoms with E-state index in [1.54, 1.807) is 24.3 Å². The number of carbonyl (C=O) groups is 2. The number of rotatable bonds is 4. The Labute approximate surface area is 150 Å². The second kappa shape index (κ2) is 6.78. The molecule has 1 amide bonds. The number of fused-ring (bicyclic) bond motifs is 1. The maximum atomic E-state index is 13.5. The molecule has 1 aliphatic heterocycles. The molecule has 26 heavy (non-hydrogen) atoms. The molecule has 2 aromatic rings. The third-order valence-electron chi connectivity index (χ3n) is 4.37. The number of hydrogen-bond acceptors (Lipinski definition) is 3. The summed E-state index contributed by atoms with van der Waals surface area (Å²) in [5.74, 6) is -1.35. The van der Waals surface area contributed by atoms with Crippen LogP contribution in [0.3, 0.4) is 0 Å². The standard InChI is InChI=1S/C20H20FNO4/c1-20(2)11-16(15-8-7-13(21)10-17(15)26-20)22-18(23)9-12-5-3-4-6-14(12)19(24)25/h3-8,10,16H,9,11H2,1-2H3,(H,22,23)(H,24,25). The number of carboxylic acids is 1. The van der Waals surface area contributed by atoms with Gasteiger partial charge < -0.3 is 15.2 Å². The van der Waals surface area contributed by atoms with E-state index in [1.165, 1.54) is 18.2 Å². The highest BCUT2D eigenvalue weighted by Gasteiger charge is 2.34. The van der Waals surface area contributed by atoms with E-state index in [-0.39, 0.29) is 23.9 Å². The molecule has 0 aliphatic carbocycles. The normalized spacial score (nSPS) is 17.7. The van der Waals surface area contributed by atoms with Crippen LogP contribution in [0.5, 0.6) is 5.75 Å². The van der Waals surface area contributed by atoms with Crippen molar-refractivity contribution < 1.29 is 23.8 Å². The Morgan fingerprint density at radius 1 is 1.27 bits per heavy atom. The van der Waals surface area contributed by atoms with E-state index in [4.69, 9.17) is 4.74 Å². The summed E-state index contributed by atoms with van der Waals surface area (Å²) in [5, 5.41) is 12.2. The molecule has 0 saturated heterocycles. The second-order valence-corrected chi connectivity index (χ2v) is 7.01. The lowest BCUT2D eigenvalue weighted by Crippen LogP contribution is -2.41. The zero-order valence-corrected chi connectivity index (χ0v) is 14.6. The number of nitrogens with one attached hydrogen (secondary N) is 1. The molecule has 1 aliphatic rings. The number of halogens is 1. The van der Waals surface area contributed by atoms with Gasteiger partial charge in [-0.3, -0.25) is 4.79 Å². The molecule has 0 bridgehead atoms. The Bertz CT molecular complexity index is 863. The van der Waals surface area contributed by atoms with E-state index in [1.807, 2.05) is 13.8 Å². The molecule has 0 radical (unpaired) electrons. The monoisotopic (exact) mass is 357 g/mol. The van der Waals surface area contributed by atoms with Crippen LogP contribution in [-0.2, 0) is 11.2 Å². The number of ether oxygens (including phenoxy) is 1. The van der Waals surface area contributed by atoms with E-state index in [9.17, 15) is 19.1 Å². The van der Waals surface area contributed by atoms with Gasteiger partial charge in [0.25, 0.3) is 0 Å². The van der Waals surface area contributed by atoms with Crippen LogP contribution in [0.15, 0.2) is 42.5 Å². The van der Waals surface area contributed by atoms with Crippen molar-refractivity contribution in [2.24, 2.45) is 0 Å². The quantitative estimate of drug-likeness (QED) is 0.878. The maximum absolute atomic E-state index is 13.5. The summed E-state index contributed by atoms with van der Waals surface area (Å²) in [6, 6.07) is 10.3. The Kier molecular flexibility index (Phi) is 4.68. The lowest BCUT2D eigenvalue weighted by atomic mass is 9.89. The molecule has 1 atom stereocenters. The van der Waals surface area contributed by atoms with Crippen molar-refractivity contribution in [3.8, 4) is 5.75 Å². The van der Waals surface area contributed by atoms with Crippen LogP contribution in [0.1, 0.15) is 47.8 Å². The first kappa shape index (κ1) is 17.9. The van der Waals surface area contributed by atoms with Crippen molar-refractivity contribution in [1.29, 1.82) is 0 Å². The summed E-state index contributed by atoms with van der Waals surface area (Å²) in [4.78, 5) is 23.8. The lowest BCUT2D eigenvalue weighted by Gasteiger charge is -2.38. The van der Waals surface area contributed by atoms with Gasteiger partial charge in [0.1, 0.15) is 17.2 Å². The third-order valence-corrected chi connectivity index (χ3v) is 4.37. The van der Waals surface area contributed by atoms with Gasteiger partial charge >= 0.3 is 5.97 Å². The SMILES string of the molecule is CC1(C)CC(NC(=O)Cc2ccccc2C(=O)O)c2ccc(F)cc2O1. The molecular formula is C20H20FNO4. The van der Waals surface area contributed by atoms with Crippen molar-refractivity contribution in [3.63, 3.8) is 0 Å². The fraction of sp³-hybridized carbons (Fsp3) is 0.300. The highest BCUT2D eigenvalue weighted by molar-refractivity contribution is 5.91. The van der Waals surface area contributed by atoms with Crippen molar-refractivity contribution in [3.05, 3.63) is 65.0 Å². The number of amides is 1. The van der Waals surface area contributed by atoms with Gasteiger partial charge in [-0.1, -0.05) is 24.3 Å². The molecule has 0 saturated carbocycles. The highest BCUT2D eigenvalue weighted by atomic mass is 19.1. The van der Waals surface area contributed by atoms with Crippen LogP contribution in [-0.4, -0.2) is 22.6 Å². The summed E-state index contributed by atoms with van der Waals surface area (Å²) in [7, 11) is 0. The zero-order valence-electron chi connectivity index (χ0n) is 14.6. The van der Waals surface area contributed by atoms with E-state index >= 15 is 0 Å². The molecule has 2 aromatic carbocycles. The van der Waals surface area contributed by atoms with Gasteiger partial charge in [-0.25, -0.2) is 9.18 Å². The fourth-order valence-electron chi connectivity index (χ4n) is 3.26. The molecule has 1 unspecified atom stereocenters. The fourth-order valence-corrected chi connectivity index (χ4v) is 3.26. The summed E-state index contributed by atoms with van der Waals surface area (Å²) in [6.07, 6.45) is 0.481. The van der Waals surface area contributed by atoms with Gasteiger partial charge in [0.15, 0.2) is 0 Å². The number of aromatic carboxylic acids is 1. The van der Waals surface area contributed by atoms with Gasteiger partial charge in [-0.15, -0.1) is 0 Å². The van der Waals surface area contributed by atoms with E-state index in [2.05, 4.69) is 5.32 Å². The van der Waals surface area contributed by atoms with Crippen molar-refractivity contribution >= 4 is 11.9 Å². The molecule has 0 spiro atoms. The zero-order chi connectivity index (χ0) is 18.9. The third kappa shape index (κ3) is 3.85. The van der Waals surface area contributed by atoms with Crippen LogP contribution < -0.4 is 10.1 Å². The molecule has 136 valence electrons. The molecule has 6 heteroatoms. The first-order chi connectivity index (χ1) is 12.2. The van der Waals surface area contributed by atoms with Gasteiger partial charge in [0, 0.05) is 18.1 Å². The molecule has 2 N–H and O–H groups in total. The molecule has 0 aromatic heterocycles. The number of benzene rings is 2. The maximum Gasteiger partial charge on any atom is 0.335 e. The van der Waals surface area contributed by atoms with Crippen LogP contribution in [0.4, 0.5) is 4.39 Å². The summed E-state index contributed by atoms with van der Waals surface area (Å²) in [5.41, 5.74) is 0.712.